The van der Waals surface area contributed by atoms with E-state index in [2.05, 4.69) is 36.5 Å². The number of hydrogen-bond donors (Lipinski definition) is 2. The molecule has 0 amide bonds. The van der Waals surface area contributed by atoms with E-state index in [0.29, 0.717) is 11.5 Å². The van der Waals surface area contributed by atoms with Gasteiger partial charge in [-0.1, -0.05) is 11.6 Å². The van der Waals surface area contributed by atoms with Gasteiger partial charge in [0.05, 0.1) is 15.0 Å². The van der Waals surface area contributed by atoms with Gasteiger partial charge in [0.25, 0.3) is 0 Å². The highest BCUT2D eigenvalue weighted by molar-refractivity contribution is 9.10. The van der Waals surface area contributed by atoms with Gasteiger partial charge in [-0.05, 0) is 72.2 Å². The van der Waals surface area contributed by atoms with Gasteiger partial charge >= 0.3 is 0 Å². The average Bonchev–Trinajstić information content (AvgIpc) is 2.67. The number of nitrogens with zero attached hydrogens (tertiary/aromatic N) is 2. The minimum Gasteiger partial charge on any atom is -0.489 e. The van der Waals surface area contributed by atoms with Gasteiger partial charge in [-0.3, -0.25) is 0 Å². The van der Waals surface area contributed by atoms with Gasteiger partial charge < -0.3 is 15.4 Å². The molecule has 4 rings (SSSR count). The van der Waals surface area contributed by atoms with Crippen molar-refractivity contribution in [3.63, 3.8) is 0 Å². The molecule has 1 aliphatic heterocycles. The molecule has 0 saturated carbocycles. The van der Waals surface area contributed by atoms with E-state index < -0.39 is 5.82 Å². The summed E-state index contributed by atoms with van der Waals surface area (Å²) in [5.41, 5.74) is 1.41. The largest absolute Gasteiger partial charge is 0.489 e. The maximum absolute atomic E-state index is 13.4. The first-order valence-corrected chi connectivity index (χ1v) is 9.81. The number of ether oxygens (including phenoxy) is 1. The molecule has 27 heavy (non-hydrogen) atoms. The molecule has 140 valence electrons. The van der Waals surface area contributed by atoms with Crippen molar-refractivity contribution < 1.29 is 9.13 Å². The molecule has 2 heterocycles. The van der Waals surface area contributed by atoms with Crippen molar-refractivity contribution in [2.75, 3.05) is 18.4 Å². The minimum atomic E-state index is -0.462. The van der Waals surface area contributed by atoms with Gasteiger partial charge in [0.1, 0.15) is 29.8 Å². The highest BCUT2D eigenvalue weighted by atomic mass is 79.9. The third-order valence-electron chi connectivity index (χ3n) is 4.45. The van der Waals surface area contributed by atoms with Crippen molar-refractivity contribution in [2.45, 2.75) is 18.9 Å². The molecular weight excluding hydrogens is 435 g/mol. The molecule has 2 N–H and O–H groups in total. The summed E-state index contributed by atoms with van der Waals surface area (Å²) in [6, 6.07) is 8.29. The Labute approximate surface area is 169 Å². The molecule has 0 aliphatic carbocycles. The first kappa shape index (κ1) is 18.4. The molecule has 0 atom stereocenters. The van der Waals surface area contributed by atoms with Crippen LogP contribution in [0.1, 0.15) is 12.8 Å². The molecule has 1 aliphatic rings. The Morgan fingerprint density at radius 2 is 2.00 bits per heavy atom. The monoisotopic (exact) mass is 450 g/mol. The maximum Gasteiger partial charge on any atom is 0.141 e. The second kappa shape index (κ2) is 7.96. The lowest BCUT2D eigenvalue weighted by molar-refractivity contribution is 0.161. The molecule has 0 unspecified atom stereocenters. The fourth-order valence-electron chi connectivity index (χ4n) is 3.05. The minimum absolute atomic E-state index is 0.0519. The van der Waals surface area contributed by atoms with Gasteiger partial charge in [0.2, 0.25) is 0 Å². The van der Waals surface area contributed by atoms with E-state index in [9.17, 15) is 4.39 Å². The fraction of sp³-hybridized carbons (Fsp3) is 0.263. The number of anilines is 2. The second-order valence-corrected chi connectivity index (χ2v) is 7.60. The van der Waals surface area contributed by atoms with Crippen LogP contribution >= 0.6 is 27.5 Å². The molecule has 0 bridgehead atoms. The third-order valence-corrected chi connectivity index (χ3v) is 5.36. The molecule has 2 aromatic carbocycles. The van der Waals surface area contributed by atoms with Gasteiger partial charge in [-0.2, -0.15) is 0 Å². The summed E-state index contributed by atoms with van der Waals surface area (Å²) >= 11 is 9.45. The SMILES string of the molecule is Fc1ccc(Nc2ncnc3cc(Br)c(OC4CCNCC4)cc23)cc1Cl. The zero-order valence-electron chi connectivity index (χ0n) is 14.3. The highest BCUT2D eigenvalue weighted by Gasteiger charge is 2.17. The predicted molar refractivity (Wildman–Crippen MR) is 108 cm³/mol. The van der Waals surface area contributed by atoms with Crippen molar-refractivity contribution >= 4 is 49.9 Å². The van der Waals surface area contributed by atoms with Crippen LogP contribution < -0.4 is 15.4 Å². The zero-order chi connectivity index (χ0) is 18.8. The normalized spacial score (nSPS) is 15.1. The van der Waals surface area contributed by atoms with Crippen molar-refractivity contribution in [2.24, 2.45) is 0 Å². The molecule has 1 saturated heterocycles. The summed E-state index contributed by atoms with van der Waals surface area (Å²) in [4.78, 5) is 8.66. The third kappa shape index (κ3) is 4.15. The number of benzene rings is 2. The van der Waals surface area contributed by atoms with Crippen LogP contribution in [0.5, 0.6) is 5.75 Å². The molecule has 5 nitrogen and oxygen atoms in total. The maximum atomic E-state index is 13.4. The van der Waals surface area contributed by atoms with Crippen LogP contribution in [0.25, 0.3) is 10.9 Å². The number of rotatable bonds is 4. The van der Waals surface area contributed by atoms with Gasteiger partial charge in [-0.25, -0.2) is 14.4 Å². The zero-order valence-corrected chi connectivity index (χ0v) is 16.6. The highest BCUT2D eigenvalue weighted by Crippen LogP contribution is 2.34. The van der Waals surface area contributed by atoms with E-state index >= 15 is 0 Å². The summed E-state index contributed by atoms with van der Waals surface area (Å²) in [5, 5.41) is 7.37. The smallest absolute Gasteiger partial charge is 0.141 e. The molecule has 3 aromatic rings. The van der Waals surface area contributed by atoms with E-state index in [1.807, 2.05) is 12.1 Å². The van der Waals surface area contributed by atoms with Crippen LogP contribution in [0.4, 0.5) is 15.9 Å². The topological polar surface area (TPSA) is 59.1 Å². The molecular formula is C19H17BrClFN4O. The van der Waals surface area contributed by atoms with Crippen molar-refractivity contribution in [1.29, 1.82) is 0 Å². The Balaban J connectivity index is 1.67. The molecule has 8 heteroatoms. The number of nitrogens with one attached hydrogen (secondary N) is 2. The standard InChI is InChI=1S/C19H17BrClFN4O/c20-14-9-17-13(8-18(14)27-12-3-5-23-6-4-12)19(25-10-24-17)26-11-1-2-16(22)15(21)7-11/h1-2,7-10,12,23H,3-6H2,(H,24,25,26). The Kier molecular flexibility index (Phi) is 5.43. The summed E-state index contributed by atoms with van der Waals surface area (Å²) < 4.78 is 20.4. The van der Waals surface area contributed by atoms with E-state index in [0.717, 1.165) is 47.1 Å². The lowest BCUT2D eigenvalue weighted by Gasteiger charge is -2.24. The second-order valence-electron chi connectivity index (χ2n) is 6.34. The fourth-order valence-corrected chi connectivity index (χ4v) is 3.66. The van der Waals surface area contributed by atoms with E-state index in [1.165, 1.54) is 18.5 Å². The molecule has 1 aromatic heterocycles. The number of fused-ring (bicyclic) bond motifs is 1. The van der Waals surface area contributed by atoms with Crippen LogP contribution in [-0.4, -0.2) is 29.2 Å². The first-order valence-electron chi connectivity index (χ1n) is 8.64. The first-order chi connectivity index (χ1) is 13.1. The lowest BCUT2D eigenvalue weighted by Crippen LogP contribution is -2.34. The van der Waals surface area contributed by atoms with Crippen LogP contribution in [0.15, 0.2) is 41.1 Å². The van der Waals surface area contributed by atoms with Crippen LogP contribution in [0.3, 0.4) is 0 Å². The van der Waals surface area contributed by atoms with Crippen LogP contribution in [0.2, 0.25) is 5.02 Å². The van der Waals surface area contributed by atoms with E-state index in [-0.39, 0.29) is 11.1 Å². The summed E-state index contributed by atoms with van der Waals surface area (Å²) in [6.07, 6.45) is 3.59. The van der Waals surface area contributed by atoms with Crippen molar-refractivity contribution in [3.05, 3.63) is 52.0 Å². The van der Waals surface area contributed by atoms with E-state index in [4.69, 9.17) is 16.3 Å². The summed E-state index contributed by atoms with van der Waals surface area (Å²) in [7, 11) is 0. The number of aromatic nitrogens is 2. The Morgan fingerprint density at radius 3 is 2.78 bits per heavy atom. The molecule has 1 fully saturated rings. The van der Waals surface area contributed by atoms with Crippen LogP contribution in [-0.2, 0) is 0 Å². The summed E-state index contributed by atoms with van der Waals surface area (Å²) in [5.74, 6) is 0.895. The number of hydrogen-bond acceptors (Lipinski definition) is 5. The Hall–Kier alpha value is -1.96. The summed E-state index contributed by atoms with van der Waals surface area (Å²) in [6.45, 7) is 1.91. The van der Waals surface area contributed by atoms with Gasteiger partial charge in [0.15, 0.2) is 0 Å². The quantitative estimate of drug-likeness (QED) is 0.581. The number of halogens is 3. The predicted octanol–water partition coefficient (Wildman–Crippen LogP) is 5.06. The van der Waals surface area contributed by atoms with Crippen LogP contribution in [0, 0.1) is 5.82 Å². The molecule has 0 radical (unpaired) electrons. The molecule has 0 spiro atoms. The lowest BCUT2D eigenvalue weighted by atomic mass is 10.1. The van der Waals surface area contributed by atoms with E-state index in [1.54, 1.807) is 6.07 Å². The van der Waals surface area contributed by atoms with Crippen molar-refractivity contribution in [3.8, 4) is 5.75 Å². The average molecular weight is 452 g/mol. The van der Waals surface area contributed by atoms with Crippen molar-refractivity contribution in [1.82, 2.24) is 15.3 Å². The van der Waals surface area contributed by atoms with Gasteiger partial charge in [-0.15, -0.1) is 0 Å². The Bertz CT molecular complexity index is 981. The Morgan fingerprint density at radius 1 is 1.19 bits per heavy atom. The van der Waals surface area contributed by atoms with Gasteiger partial charge in [0, 0.05) is 11.1 Å². The number of piperidine rings is 1.